The van der Waals surface area contributed by atoms with Gasteiger partial charge in [-0.3, -0.25) is 4.79 Å². The maximum Gasteiger partial charge on any atom is 0.217 e. The van der Waals surface area contributed by atoms with Crippen LogP contribution < -0.4 is 5.73 Å². The second-order valence-corrected chi connectivity index (χ2v) is 4.55. The van der Waals surface area contributed by atoms with E-state index in [-0.39, 0.29) is 11.7 Å². The van der Waals surface area contributed by atoms with Crippen LogP contribution in [-0.4, -0.2) is 15.5 Å². The molecule has 2 rings (SSSR count). The molecule has 0 aliphatic rings. The molecule has 0 bridgehead atoms. The van der Waals surface area contributed by atoms with Gasteiger partial charge in [0.15, 0.2) is 4.77 Å². The number of fused-ring (bicyclic) bond motifs is 1. The van der Waals surface area contributed by atoms with Gasteiger partial charge in [0.25, 0.3) is 0 Å². The van der Waals surface area contributed by atoms with Crippen LogP contribution in [0.1, 0.15) is 19.3 Å². The van der Waals surface area contributed by atoms with Crippen LogP contribution in [0.4, 0.5) is 4.39 Å². The molecule has 0 radical (unpaired) electrons. The number of nitrogens with one attached hydrogen (secondary N) is 1. The minimum Gasteiger partial charge on any atom is -0.370 e. The van der Waals surface area contributed by atoms with E-state index in [0.29, 0.717) is 23.3 Å². The van der Waals surface area contributed by atoms with E-state index in [0.717, 1.165) is 18.4 Å². The van der Waals surface area contributed by atoms with E-state index in [2.05, 4.69) is 4.98 Å². The highest BCUT2D eigenvalue weighted by molar-refractivity contribution is 7.71. The van der Waals surface area contributed by atoms with Gasteiger partial charge in [0.05, 0.1) is 11.0 Å². The summed E-state index contributed by atoms with van der Waals surface area (Å²) in [5, 5.41) is 0. The van der Waals surface area contributed by atoms with Gasteiger partial charge >= 0.3 is 0 Å². The number of H-pyrrole nitrogens is 1. The Labute approximate surface area is 109 Å². The fourth-order valence-corrected chi connectivity index (χ4v) is 2.23. The molecule has 2 aromatic rings. The van der Waals surface area contributed by atoms with E-state index < -0.39 is 0 Å². The third-order valence-corrected chi connectivity index (χ3v) is 3.11. The van der Waals surface area contributed by atoms with Gasteiger partial charge in [0, 0.05) is 13.0 Å². The Hall–Kier alpha value is -1.69. The van der Waals surface area contributed by atoms with Crippen molar-refractivity contribution in [2.24, 2.45) is 5.73 Å². The number of primary amides is 1. The molecule has 0 unspecified atom stereocenters. The second kappa shape index (κ2) is 5.30. The lowest BCUT2D eigenvalue weighted by atomic mass is 10.2. The smallest absolute Gasteiger partial charge is 0.217 e. The first-order valence-corrected chi connectivity index (χ1v) is 6.15. The largest absolute Gasteiger partial charge is 0.370 e. The normalized spacial score (nSPS) is 10.9. The molecule has 0 aliphatic carbocycles. The number of aryl methyl sites for hydroxylation is 1. The Morgan fingerprint density at radius 3 is 2.94 bits per heavy atom. The molecular formula is C12H14FN3OS. The number of nitrogens with zero attached hydrogens (tertiary/aromatic N) is 1. The number of aromatic nitrogens is 2. The number of carbonyl (C=O) groups excluding carboxylic acids is 1. The summed E-state index contributed by atoms with van der Waals surface area (Å²) >= 11 is 5.19. The van der Waals surface area contributed by atoms with E-state index >= 15 is 0 Å². The van der Waals surface area contributed by atoms with Crippen molar-refractivity contribution in [3.8, 4) is 0 Å². The topological polar surface area (TPSA) is 63.8 Å². The first kappa shape index (κ1) is 12.8. The van der Waals surface area contributed by atoms with Crippen LogP contribution in [0.25, 0.3) is 11.0 Å². The number of nitrogens with two attached hydrogens (primary N) is 1. The molecule has 0 saturated heterocycles. The summed E-state index contributed by atoms with van der Waals surface area (Å²) in [4.78, 5) is 13.6. The number of amides is 1. The van der Waals surface area contributed by atoms with Crippen molar-refractivity contribution in [2.75, 3.05) is 0 Å². The molecule has 0 spiro atoms. The third kappa shape index (κ3) is 2.76. The highest BCUT2D eigenvalue weighted by atomic mass is 32.1. The van der Waals surface area contributed by atoms with Gasteiger partial charge in [-0.2, -0.15) is 0 Å². The summed E-state index contributed by atoms with van der Waals surface area (Å²) < 4.78 is 15.5. The van der Waals surface area contributed by atoms with Crippen molar-refractivity contribution in [3.63, 3.8) is 0 Å². The lowest BCUT2D eigenvalue weighted by Crippen LogP contribution is -2.10. The van der Waals surface area contributed by atoms with Crippen molar-refractivity contribution >= 4 is 29.2 Å². The number of benzene rings is 1. The van der Waals surface area contributed by atoms with Crippen molar-refractivity contribution in [1.29, 1.82) is 0 Å². The minimum atomic E-state index is -0.292. The summed E-state index contributed by atoms with van der Waals surface area (Å²) in [6.07, 6.45) is 1.91. The van der Waals surface area contributed by atoms with Crippen molar-refractivity contribution in [3.05, 3.63) is 28.8 Å². The molecule has 0 aliphatic heterocycles. The van der Waals surface area contributed by atoms with Gasteiger partial charge in [-0.1, -0.05) is 0 Å². The number of unbranched alkanes of at least 4 members (excludes halogenated alkanes) is 1. The third-order valence-electron chi connectivity index (χ3n) is 2.79. The van der Waals surface area contributed by atoms with Crippen LogP contribution in [0.3, 0.4) is 0 Å². The second-order valence-electron chi connectivity index (χ2n) is 4.17. The van der Waals surface area contributed by atoms with Gasteiger partial charge in [-0.05, 0) is 43.3 Å². The summed E-state index contributed by atoms with van der Waals surface area (Å²) in [5.41, 5.74) is 6.64. The Kier molecular flexibility index (Phi) is 3.76. The van der Waals surface area contributed by atoms with E-state index in [9.17, 15) is 9.18 Å². The predicted molar refractivity (Wildman–Crippen MR) is 70.1 cm³/mol. The summed E-state index contributed by atoms with van der Waals surface area (Å²) in [6.45, 7) is 0.692. The molecule has 6 heteroatoms. The molecular weight excluding hydrogens is 253 g/mol. The lowest BCUT2D eigenvalue weighted by molar-refractivity contribution is -0.118. The molecule has 18 heavy (non-hydrogen) atoms. The summed E-state index contributed by atoms with van der Waals surface area (Å²) in [6, 6.07) is 4.53. The van der Waals surface area contributed by atoms with E-state index in [1.54, 1.807) is 6.07 Å². The van der Waals surface area contributed by atoms with Crippen LogP contribution in [0.15, 0.2) is 18.2 Å². The molecule has 0 atom stereocenters. The van der Waals surface area contributed by atoms with Gasteiger partial charge in [-0.25, -0.2) is 4.39 Å². The maximum atomic E-state index is 13.1. The molecule has 1 aromatic heterocycles. The van der Waals surface area contributed by atoms with Crippen LogP contribution >= 0.6 is 12.2 Å². The molecule has 1 amide bonds. The quantitative estimate of drug-likeness (QED) is 0.645. The van der Waals surface area contributed by atoms with Crippen molar-refractivity contribution in [2.45, 2.75) is 25.8 Å². The average Bonchev–Trinajstić information content (AvgIpc) is 2.59. The molecule has 0 fully saturated rings. The number of carbonyl (C=O) groups is 1. The monoisotopic (exact) mass is 267 g/mol. The molecule has 0 saturated carbocycles. The zero-order valence-corrected chi connectivity index (χ0v) is 10.6. The zero-order chi connectivity index (χ0) is 13.1. The summed E-state index contributed by atoms with van der Waals surface area (Å²) in [5.74, 6) is -0.584. The first-order chi connectivity index (χ1) is 8.58. The highest BCUT2D eigenvalue weighted by Gasteiger charge is 2.05. The molecule has 4 nitrogen and oxygen atoms in total. The van der Waals surface area contributed by atoms with Crippen LogP contribution in [0, 0.1) is 10.6 Å². The zero-order valence-electron chi connectivity index (χ0n) is 9.78. The number of halogens is 1. The van der Waals surface area contributed by atoms with Gasteiger partial charge in [0.2, 0.25) is 5.91 Å². The summed E-state index contributed by atoms with van der Waals surface area (Å²) in [7, 11) is 0. The van der Waals surface area contributed by atoms with E-state index in [4.69, 9.17) is 18.0 Å². The first-order valence-electron chi connectivity index (χ1n) is 5.74. The van der Waals surface area contributed by atoms with E-state index in [1.165, 1.54) is 12.1 Å². The van der Waals surface area contributed by atoms with Crippen molar-refractivity contribution in [1.82, 2.24) is 9.55 Å². The molecule has 3 N–H and O–H groups in total. The number of aromatic amines is 1. The van der Waals surface area contributed by atoms with Gasteiger partial charge < -0.3 is 15.3 Å². The maximum absolute atomic E-state index is 13.1. The number of rotatable bonds is 5. The van der Waals surface area contributed by atoms with Gasteiger partial charge in [-0.15, -0.1) is 0 Å². The van der Waals surface area contributed by atoms with Crippen LogP contribution in [0.5, 0.6) is 0 Å². The Balaban J connectivity index is 2.15. The number of hydrogen-bond acceptors (Lipinski definition) is 2. The fraction of sp³-hybridized carbons (Fsp3) is 0.333. The Bertz CT molecular complexity index is 632. The fourth-order valence-electron chi connectivity index (χ4n) is 1.93. The van der Waals surface area contributed by atoms with E-state index in [1.807, 2.05) is 4.57 Å². The molecule has 96 valence electrons. The van der Waals surface area contributed by atoms with Crippen LogP contribution in [0.2, 0.25) is 0 Å². The lowest BCUT2D eigenvalue weighted by Gasteiger charge is -2.03. The van der Waals surface area contributed by atoms with Crippen molar-refractivity contribution < 1.29 is 9.18 Å². The van der Waals surface area contributed by atoms with Gasteiger partial charge in [0.1, 0.15) is 5.82 Å². The molecule has 1 aromatic carbocycles. The standard InChI is InChI=1S/C12H14FN3OS/c13-8-4-5-10-9(7-8)15-12(18)16(10)6-2-1-3-11(14)17/h4-5,7H,1-3,6H2,(H2,14,17)(H,15,18). The predicted octanol–water partition coefficient (Wildman–Crippen LogP) is 2.49. The van der Waals surface area contributed by atoms with Crippen LogP contribution in [-0.2, 0) is 11.3 Å². The molecule has 1 heterocycles. The Morgan fingerprint density at radius 1 is 1.44 bits per heavy atom. The number of imidazole rings is 1. The SMILES string of the molecule is NC(=O)CCCCn1c(=S)[nH]c2cc(F)ccc21. The minimum absolute atomic E-state index is 0.292. The highest BCUT2D eigenvalue weighted by Crippen LogP contribution is 2.16. The number of hydrogen-bond donors (Lipinski definition) is 2. The Morgan fingerprint density at radius 2 is 2.22 bits per heavy atom. The average molecular weight is 267 g/mol.